The van der Waals surface area contributed by atoms with E-state index < -0.39 is 0 Å². The molecule has 10 heteroatoms. The van der Waals surface area contributed by atoms with E-state index in [4.69, 9.17) is 35.7 Å². The number of fused-ring (bicyclic) bond motifs is 3. The van der Waals surface area contributed by atoms with E-state index in [1.54, 1.807) is 57.1 Å². The van der Waals surface area contributed by atoms with Gasteiger partial charge in [-0.25, -0.2) is 4.98 Å². The van der Waals surface area contributed by atoms with Crippen LogP contribution in [0.2, 0.25) is 0 Å². The number of hydrogen-bond acceptors (Lipinski definition) is 10. The predicted octanol–water partition coefficient (Wildman–Crippen LogP) is 4.10. The monoisotopic (exact) mass is 522 g/mol. The summed E-state index contributed by atoms with van der Waals surface area (Å²) >= 11 is 0. The van der Waals surface area contributed by atoms with E-state index in [2.05, 4.69) is 21.0 Å². The van der Waals surface area contributed by atoms with Gasteiger partial charge in [-0.2, -0.15) is 5.26 Å². The van der Waals surface area contributed by atoms with Crippen molar-refractivity contribution in [3.8, 4) is 40.3 Å². The Morgan fingerprint density at radius 1 is 0.846 bits per heavy atom. The van der Waals surface area contributed by atoms with Crippen LogP contribution < -0.4 is 30.4 Å². The van der Waals surface area contributed by atoms with Crippen LogP contribution in [0.4, 0.5) is 5.82 Å². The number of hydrogen-bond donors (Lipinski definition) is 2. The number of nitrogen functional groups attached to an aromatic ring is 1. The van der Waals surface area contributed by atoms with E-state index >= 15 is 0 Å². The second-order valence-electron chi connectivity index (χ2n) is 8.76. The highest BCUT2D eigenvalue weighted by Crippen LogP contribution is 2.37. The average Bonchev–Trinajstić information content (AvgIpc) is 2.98. The molecule has 5 rings (SSSR count). The summed E-state index contributed by atoms with van der Waals surface area (Å²) in [6, 6.07) is 16.0. The molecule has 0 unspecified atom stereocenters. The fraction of sp³-hybridized carbons (Fsp3) is 0.172. The third-order valence-corrected chi connectivity index (χ3v) is 6.13. The minimum absolute atomic E-state index is 0.215. The van der Waals surface area contributed by atoms with Crippen LogP contribution in [-0.2, 0) is 0 Å². The molecule has 5 aromatic rings. The lowest BCUT2D eigenvalue weighted by atomic mass is 10.0. The summed E-state index contributed by atoms with van der Waals surface area (Å²) in [7, 11) is 3.17. The Bertz CT molecular complexity index is 1680. The fourth-order valence-corrected chi connectivity index (χ4v) is 4.12. The molecule has 0 aliphatic rings. The van der Waals surface area contributed by atoms with Crippen molar-refractivity contribution in [2.75, 3.05) is 33.2 Å². The molecule has 2 aromatic carbocycles. The van der Waals surface area contributed by atoms with Gasteiger partial charge in [-0.15, -0.1) is 0 Å². The van der Waals surface area contributed by atoms with Crippen molar-refractivity contribution in [1.29, 1.82) is 5.26 Å². The number of pyridine rings is 3. The molecule has 4 N–H and O–H groups in total. The van der Waals surface area contributed by atoms with Crippen molar-refractivity contribution >= 4 is 27.5 Å². The molecule has 196 valence electrons. The first-order valence-corrected chi connectivity index (χ1v) is 12.1. The Kier molecular flexibility index (Phi) is 7.25. The summed E-state index contributed by atoms with van der Waals surface area (Å²) in [6.45, 7) is 0.462. The van der Waals surface area contributed by atoms with Crippen molar-refractivity contribution in [2.45, 2.75) is 6.04 Å². The maximum atomic E-state index is 8.90. The Hall–Kier alpha value is -5.14. The van der Waals surface area contributed by atoms with E-state index in [1.165, 1.54) is 0 Å². The normalized spacial score (nSPS) is 11.6. The molecule has 39 heavy (non-hydrogen) atoms. The lowest BCUT2D eigenvalue weighted by molar-refractivity contribution is 0.220. The topological polar surface area (TPSA) is 151 Å². The van der Waals surface area contributed by atoms with E-state index in [9.17, 15) is 0 Å². The number of nitriles is 1. The first-order chi connectivity index (χ1) is 19.0. The van der Waals surface area contributed by atoms with Gasteiger partial charge in [-0.05, 0) is 47.9 Å². The molecular formula is C29H26N6O4. The predicted molar refractivity (Wildman–Crippen MR) is 148 cm³/mol. The van der Waals surface area contributed by atoms with E-state index in [-0.39, 0.29) is 19.3 Å². The molecule has 0 saturated carbocycles. The van der Waals surface area contributed by atoms with Crippen LogP contribution in [0.15, 0.2) is 67.1 Å². The van der Waals surface area contributed by atoms with Crippen LogP contribution in [-0.4, -0.2) is 48.4 Å². The minimum atomic E-state index is -0.385. The number of aromatic nitrogens is 3. The number of benzene rings is 2. The van der Waals surface area contributed by atoms with Crippen LogP contribution >= 0.6 is 0 Å². The number of ether oxygens (including phenoxy) is 4. The molecule has 0 spiro atoms. The van der Waals surface area contributed by atoms with Crippen molar-refractivity contribution in [1.82, 2.24) is 15.0 Å². The van der Waals surface area contributed by atoms with Gasteiger partial charge in [0.1, 0.15) is 30.5 Å². The molecule has 10 nitrogen and oxygen atoms in total. The molecule has 0 radical (unpaired) electrons. The van der Waals surface area contributed by atoms with Gasteiger partial charge in [0.2, 0.25) is 0 Å². The molecule has 3 aromatic heterocycles. The molecule has 0 aliphatic carbocycles. The Labute approximate surface area is 224 Å². The lowest BCUT2D eigenvalue weighted by Gasteiger charge is -2.15. The lowest BCUT2D eigenvalue weighted by Crippen LogP contribution is -2.34. The summed E-state index contributed by atoms with van der Waals surface area (Å²) < 4.78 is 22.5. The van der Waals surface area contributed by atoms with Crippen LogP contribution in [0.1, 0.15) is 5.56 Å². The summed E-state index contributed by atoms with van der Waals surface area (Å²) in [4.78, 5) is 13.4. The van der Waals surface area contributed by atoms with Gasteiger partial charge < -0.3 is 30.4 Å². The number of nitrogens with two attached hydrogens (primary N) is 2. The maximum Gasteiger partial charge on any atom is 0.162 e. The molecular weight excluding hydrogens is 496 g/mol. The number of anilines is 1. The average molecular weight is 523 g/mol. The van der Waals surface area contributed by atoms with Gasteiger partial charge in [-0.1, -0.05) is 0 Å². The molecule has 0 amide bonds. The van der Waals surface area contributed by atoms with Crippen LogP contribution in [0.5, 0.6) is 23.0 Å². The van der Waals surface area contributed by atoms with E-state index in [0.29, 0.717) is 40.1 Å². The van der Waals surface area contributed by atoms with Gasteiger partial charge in [0.15, 0.2) is 11.5 Å². The number of methoxy groups -OCH3 is 2. The third kappa shape index (κ3) is 5.44. The second kappa shape index (κ2) is 11.1. The Balaban J connectivity index is 1.36. The fourth-order valence-electron chi connectivity index (χ4n) is 4.12. The highest BCUT2D eigenvalue weighted by atomic mass is 16.5. The summed E-state index contributed by atoms with van der Waals surface area (Å²) in [6.07, 6.45) is 5.01. The largest absolute Gasteiger partial charge is 0.493 e. The van der Waals surface area contributed by atoms with Gasteiger partial charge in [-0.3, -0.25) is 9.97 Å². The van der Waals surface area contributed by atoms with Gasteiger partial charge >= 0.3 is 0 Å². The number of rotatable bonds is 9. The standard InChI is InChI=1S/C29H26N6O4/c1-36-27-9-23-22-8-25(35-29(32)24(22)14-34-26(23)10-28(27)37-2)18-7-21(13-33-12-18)39-16-19(31)15-38-20-5-3-17(11-30)4-6-20/h3-10,12-14,19H,15-16,31H2,1-2H3,(H2,32,35)/t19-/m0/s1. The minimum Gasteiger partial charge on any atom is -0.493 e. The van der Waals surface area contributed by atoms with Gasteiger partial charge in [0.25, 0.3) is 0 Å². The zero-order valence-electron chi connectivity index (χ0n) is 21.4. The van der Waals surface area contributed by atoms with Crippen LogP contribution in [0.25, 0.3) is 32.9 Å². The third-order valence-electron chi connectivity index (χ3n) is 6.13. The summed E-state index contributed by atoms with van der Waals surface area (Å²) in [5.74, 6) is 2.70. The highest BCUT2D eigenvalue weighted by Gasteiger charge is 2.14. The molecule has 0 bridgehead atoms. The van der Waals surface area contributed by atoms with Crippen molar-refractivity contribution in [2.24, 2.45) is 5.73 Å². The van der Waals surface area contributed by atoms with E-state index in [0.717, 1.165) is 27.2 Å². The first kappa shape index (κ1) is 25.5. The Morgan fingerprint density at radius 2 is 1.56 bits per heavy atom. The SMILES string of the molecule is COc1cc2ncc3c(N)nc(-c4cncc(OC[C@@H](N)COc5ccc(C#N)cc5)c4)cc3c2cc1OC. The van der Waals surface area contributed by atoms with Crippen LogP contribution in [0, 0.1) is 11.3 Å². The van der Waals surface area contributed by atoms with Gasteiger partial charge in [0.05, 0.1) is 49.3 Å². The molecule has 1 atom stereocenters. The Morgan fingerprint density at radius 3 is 2.28 bits per heavy atom. The second-order valence-corrected chi connectivity index (χ2v) is 8.76. The highest BCUT2D eigenvalue weighted by molar-refractivity contribution is 6.10. The molecule has 0 fully saturated rings. The van der Waals surface area contributed by atoms with Crippen molar-refractivity contribution in [3.63, 3.8) is 0 Å². The summed E-state index contributed by atoms with van der Waals surface area (Å²) in [5.41, 5.74) is 15.2. The summed E-state index contributed by atoms with van der Waals surface area (Å²) in [5, 5.41) is 11.4. The zero-order chi connectivity index (χ0) is 27.4. The van der Waals surface area contributed by atoms with Crippen molar-refractivity contribution < 1.29 is 18.9 Å². The molecule has 0 saturated heterocycles. The maximum absolute atomic E-state index is 8.90. The quantitative estimate of drug-likeness (QED) is 0.271. The molecule has 3 heterocycles. The molecule has 0 aliphatic heterocycles. The first-order valence-electron chi connectivity index (χ1n) is 12.1. The number of nitrogens with zero attached hydrogens (tertiary/aromatic N) is 4. The van der Waals surface area contributed by atoms with Gasteiger partial charge in [0, 0.05) is 34.8 Å². The zero-order valence-corrected chi connectivity index (χ0v) is 21.4. The van der Waals surface area contributed by atoms with Crippen molar-refractivity contribution in [3.05, 3.63) is 72.7 Å². The van der Waals surface area contributed by atoms with Crippen LogP contribution in [0.3, 0.4) is 0 Å². The smallest absolute Gasteiger partial charge is 0.162 e. The van der Waals surface area contributed by atoms with E-state index in [1.807, 2.05) is 24.3 Å².